The SMILES string of the molecule is Cc1cccc(Oc2ccccc2NS(=O)(=O)c2cc(C(=O)O)cc(C)c2C)c1. The van der Waals surface area contributed by atoms with Gasteiger partial charge in [-0.2, -0.15) is 0 Å². The van der Waals surface area contributed by atoms with Crippen LogP contribution in [0.25, 0.3) is 0 Å². The first kappa shape index (κ1) is 20.4. The number of hydrogen-bond acceptors (Lipinski definition) is 4. The summed E-state index contributed by atoms with van der Waals surface area (Å²) in [6, 6.07) is 16.7. The molecule has 0 atom stereocenters. The van der Waals surface area contributed by atoms with Crippen LogP contribution in [0.3, 0.4) is 0 Å². The third-order valence-corrected chi connectivity index (χ3v) is 6.00. The molecule has 0 aromatic heterocycles. The summed E-state index contributed by atoms with van der Waals surface area (Å²) >= 11 is 0. The second kappa shape index (κ2) is 7.97. The number of para-hydroxylation sites is 2. The van der Waals surface area contributed by atoms with Gasteiger partial charge in [-0.1, -0.05) is 24.3 Å². The van der Waals surface area contributed by atoms with Crippen molar-refractivity contribution in [3.05, 3.63) is 82.9 Å². The molecule has 0 saturated heterocycles. The molecular weight excluding hydrogens is 390 g/mol. The Balaban J connectivity index is 1.99. The number of rotatable bonds is 6. The monoisotopic (exact) mass is 411 g/mol. The molecule has 0 aliphatic rings. The summed E-state index contributed by atoms with van der Waals surface area (Å²) in [4.78, 5) is 11.3. The van der Waals surface area contributed by atoms with Crippen LogP contribution >= 0.6 is 0 Å². The molecule has 0 aliphatic heterocycles. The van der Waals surface area contributed by atoms with Crippen molar-refractivity contribution in [3.8, 4) is 11.5 Å². The van der Waals surface area contributed by atoms with Gasteiger partial charge in [0, 0.05) is 0 Å². The van der Waals surface area contributed by atoms with E-state index in [2.05, 4.69) is 4.72 Å². The van der Waals surface area contributed by atoms with Gasteiger partial charge in [0.05, 0.1) is 16.1 Å². The molecule has 0 heterocycles. The van der Waals surface area contributed by atoms with Gasteiger partial charge in [0.25, 0.3) is 10.0 Å². The Morgan fingerprint density at radius 3 is 2.38 bits per heavy atom. The Labute approximate surface area is 169 Å². The highest BCUT2D eigenvalue weighted by molar-refractivity contribution is 7.92. The lowest BCUT2D eigenvalue weighted by Crippen LogP contribution is -2.16. The van der Waals surface area contributed by atoms with E-state index < -0.39 is 16.0 Å². The molecule has 0 saturated carbocycles. The number of carbonyl (C=O) groups is 1. The van der Waals surface area contributed by atoms with Gasteiger partial charge < -0.3 is 9.84 Å². The van der Waals surface area contributed by atoms with Crippen molar-refractivity contribution in [1.29, 1.82) is 0 Å². The number of anilines is 1. The van der Waals surface area contributed by atoms with Gasteiger partial charge in [-0.3, -0.25) is 4.72 Å². The first-order valence-electron chi connectivity index (χ1n) is 8.88. The van der Waals surface area contributed by atoms with Crippen LogP contribution in [0.2, 0.25) is 0 Å². The molecule has 0 unspecified atom stereocenters. The van der Waals surface area contributed by atoms with Gasteiger partial charge in [0.2, 0.25) is 0 Å². The summed E-state index contributed by atoms with van der Waals surface area (Å²) in [5, 5.41) is 9.28. The first-order valence-corrected chi connectivity index (χ1v) is 10.4. The molecule has 150 valence electrons. The normalized spacial score (nSPS) is 11.1. The zero-order chi connectivity index (χ0) is 21.2. The summed E-state index contributed by atoms with van der Waals surface area (Å²) in [6.45, 7) is 5.25. The van der Waals surface area contributed by atoms with Gasteiger partial charge >= 0.3 is 5.97 Å². The smallest absolute Gasteiger partial charge is 0.335 e. The van der Waals surface area contributed by atoms with Crippen LogP contribution in [0.5, 0.6) is 11.5 Å². The molecule has 6 nitrogen and oxygen atoms in total. The quantitative estimate of drug-likeness (QED) is 0.602. The van der Waals surface area contributed by atoms with Gasteiger partial charge in [0.15, 0.2) is 5.75 Å². The van der Waals surface area contributed by atoms with Crippen LogP contribution in [0.15, 0.2) is 65.6 Å². The zero-order valence-electron chi connectivity index (χ0n) is 16.3. The van der Waals surface area contributed by atoms with Crippen LogP contribution in [0.4, 0.5) is 5.69 Å². The van der Waals surface area contributed by atoms with E-state index in [1.54, 1.807) is 44.2 Å². The molecule has 0 spiro atoms. The summed E-state index contributed by atoms with van der Waals surface area (Å²) in [7, 11) is -4.04. The number of aromatic carboxylic acids is 1. The van der Waals surface area contributed by atoms with E-state index >= 15 is 0 Å². The Morgan fingerprint density at radius 1 is 0.966 bits per heavy atom. The number of carboxylic acid groups (broad SMARTS) is 1. The fourth-order valence-corrected chi connectivity index (χ4v) is 4.29. The topological polar surface area (TPSA) is 92.7 Å². The average molecular weight is 411 g/mol. The van der Waals surface area contributed by atoms with Crippen molar-refractivity contribution in [2.75, 3.05) is 4.72 Å². The van der Waals surface area contributed by atoms with Crippen molar-refractivity contribution in [1.82, 2.24) is 0 Å². The molecule has 0 amide bonds. The van der Waals surface area contributed by atoms with Gasteiger partial charge in [-0.05, 0) is 73.9 Å². The average Bonchev–Trinajstić information content (AvgIpc) is 2.65. The predicted octanol–water partition coefficient (Wildman–Crippen LogP) is 4.90. The van der Waals surface area contributed by atoms with E-state index in [0.29, 0.717) is 22.6 Å². The molecule has 3 aromatic carbocycles. The Morgan fingerprint density at radius 2 is 1.69 bits per heavy atom. The lowest BCUT2D eigenvalue weighted by atomic mass is 10.1. The highest BCUT2D eigenvalue weighted by atomic mass is 32.2. The Bertz CT molecular complexity index is 1190. The maximum Gasteiger partial charge on any atom is 0.335 e. The standard InChI is InChI=1S/C22H21NO5S/c1-14-7-6-8-18(11-14)28-20-10-5-4-9-19(20)23-29(26,27)21-13-17(22(24)25)12-15(2)16(21)3/h4-13,23H,1-3H3,(H,24,25). The van der Waals surface area contributed by atoms with Gasteiger partial charge in [-0.25, -0.2) is 13.2 Å². The van der Waals surface area contributed by atoms with Crippen LogP contribution in [0, 0.1) is 20.8 Å². The van der Waals surface area contributed by atoms with E-state index in [4.69, 9.17) is 4.74 Å². The van der Waals surface area contributed by atoms with E-state index in [0.717, 1.165) is 11.6 Å². The fraction of sp³-hybridized carbons (Fsp3) is 0.136. The molecule has 0 aliphatic carbocycles. The molecular formula is C22H21NO5S. The summed E-state index contributed by atoms with van der Waals surface area (Å²) < 4.78 is 34.5. The van der Waals surface area contributed by atoms with Crippen molar-refractivity contribution < 1.29 is 23.1 Å². The summed E-state index contributed by atoms with van der Waals surface area (Å²) in [5.41, 5.74) is 2.25. The largest absolute Gasteiger partial charge is 0.478 e. The van der Waals surface area contributed by atoms with Crippen molar-refractivity contribution in [2.24, 2.45) is 0 Å². The zero-order valence-corrected chi connectivity index (χ0v) is 17.1. The number of hydrogen-bond donors (Lipinski definition) is 2. The van der Waals surface area contributed by atoms with E-state index in [1.807, 2.05) is 25.1 Å². The minimum absolute atomic E-state index is 0.0831. The minimum Gasteiger partial charge on any atom is -0.478 e. The first-order chi connectivity index (χ1) is 13.7. The van der Waals surface area contributed by atoms with Crippen LogP contribution < -0.4 is 9.46 Å². The number of aryl methyl sites for hydroxylation is 2. The third-order valence-electron chi connectivity index (χ3n) is 4.50. The third kappa shape index (κ3) is 4.57. The maximum atomic E-state index is 13.0. The van der Waals surface area contributed by atoms with Crippen LogP contribution in [-0.2, 0) is 10.0 Å². The van der Waals surface area contributed by atoms with Gasteiger partial charge in [-0.15, -0.1) is 0 Å². The van der Waals surface area contributed by atoms with Crippen LogP contribution in [0.1, 0.15) is 27.0 Å². The van der Waals surface area contributed by atoms with E-state index in [-0.39, 0.29) is 16.1 Å². The van der Waals surface area contributed by atoms with Gasteiger partial charge in [0.1, 0.15) is 5.75 Å². The second-order valence-electron chi connectivity index (χ2n) is 6.74. The van der Waals surface area contributed by atoms with E-state index in [1.165, 1.54) is 6.07 Å². The molecule has 0 radical (unpaired) electrons. The number of nitrogens with one attached hydrogen (secondary N) is 1. The number of benzene rings is 3. The second-order valence-corrected chi connectivity index (χ2v) is 8.39. The van der Waals surface area contributed by atoms with Crippen molar-refractivity contribution >= 4 is 21.7 Å². The van der Waals surface area contributed by atoms with Crippen LogP contribution in [-0.4, -0.2) is 19.5 Å². The number of sulfonamides is 1. The minimum atomic E-state index is -4.04. The number of carboxylic acids is 1. The summed E-state index contributed by atoms with van der Waals surface area (Å²) in [6.07, 6.45) is 0. The van der Waals surface area contributed by atoms with Crippen molar-refractivity contribution in [2.45, 2.75) is 25.7 Å². The lowest BCUT2D eigenvalue weighted by Gasteiger charge is -2.16. The highest BCUT2D eigenvalue weighted by Crippen LogP contribution is 2.32. The molecule has 3 aromatic rings. The molecule has 3 rings (SSSR count). The molecule has 29 heavy (non-hydrogen) atoms. The Hall–Kier alpha value is -3.32. The Kier molecular flexibility index (Phi) is 5.61. The molecule has 0 bridgehead atoms. The van der Waals surface area contributed by atoms with E-state index in [9.17, 15) is 18.3 Å². The molecule has 2 N–H and O–H groups in total. The fourth-order valence-electron chi connectivity index (χ4n) is 2.88. The predicted molar refractivity (Wildman–Crippen MR) is 111 cm³/mol. The number of ether oxygens (including phenoxy) is 1. The highest BCUT2D eigenvalue weighted by Gasteiger charge is 2.22. The summed E-state index contributed by atoms with van der Waals surface area (Å²) in [5.74, 6) is -0.269. The molecule has 7 heteroatoms. The maximum absolute atomic E-state index is 13.0. The van der Waals surface area contributed by atoms with Crippen molar-refractivity contribution in [3.63, 3.8) is 0 Å². The molecule has 0 fully saturated rings. The lowest BCUT2D eigenvalue weighted by molar-refractivity contribution is 0.0696.